The lowest BCUT2D eigenvalue weighted by Crippen LogP contribution is -2.18. The molecule has 0 saturated heterocycles. The van der Waals surface area contributed by atoms with Crippen molar-refractivity contribution in [3.63, 3.8) is 0 Å². The van der Waals surface area contributed by atoms with Gasteiger partial charge in [-0.05, 0) is 37.3 Å². The number of carboxylic acid groups (broad SMARTS) is 1. The minimum absolute atomic E-state index is 0.143. The molecule has 0 aliphatic carbocycles. The highest BCUT2D eigenvalue weighted by molar-refractivity contribution is 5.92. The van der Waals surface area contributed by atoms with Crippen LogP contribution in [0.25, 0.3) is 11.0 Å². The van der Waals surface area contributed by atoms with Gasteiger partial charge < -0.3 is 10.1 Å². The van der Waals surface area contributed by atoms with Gasteiger partial charge in [-0.25, -0.2) is 9.59 Å². The van der Waals surface area contributed by atoms with Gasteiger partial charge in [0.25, 0.3) is 0 Å². The Balaban J connectivity index is 2.08. The number of imidazole rings is 1. The Kier molecular flexibility index (Phi) is 3.06. The zero-order chi connectivity index (χ0) is 15.0. The van der Waals surface area contributed by atoms with Gasteiger partial charge in [-0.1, -0.05) is 6.07 Å². The minimum atomic E-state index is -1.02. The molecule has 0 fully saturated rings. The monoisotopic (exact) mass is 283 g/mol. The van der Waals surface area contributed by atoms with Gasteiger partial charge in [-0.15, -0.1) is 0 Å². The third-order valence-electron chi connectivity index (χ3n) is 3.29. The van der Waals surface area contributed by atoms with Crippen LogP contribution in [0.3, 0.4) is 0 Å². The highest BCUT2D eigenvalue weighted by Crippen LogP contribution is 2.14. The van der Waals surface area contributed by atoms with Crippen LogP contribution < -0.4 is 5.69 Å². The molecule has 0 unspecified atom stereocenters. The van der Waals surface area contributed by atoms with E-state index in [0.717, 1.165) is 11.4 Å². The van der Waals surface area contributed by atoms with Crippen LogP contribution in [-0.4, -0.2) is 25.6 Å². The molecule has 2 aromatic heterocycles. The summed E-state index contributed by atoms with van der Waals surface area (Å²) in [5.74, 6) is -1.02. The fourth-order valence-corrected chi connectivity index (χ4v) is 2.30. The van der Waals surface area contributed by atoms with Crippen molar-refractivity contribution in [2.45, 2.75) is 13.5 Å². The molecular weight excluding hydrogens is 270 g/mol. The Morgan fingerprint density at radius 3 is 2.86 bits per heavy atom. The number of nitrogens with zero attached hydrogens (tertiary/aromatic N) is 2. The Morgan fingerprint density at radius 2 is 2.14 bits per heavy atom. The lowest BCUT2D eigenvalue weighted by molar-refractivity contribution is 0.0697. The fourth-order valence-electron chi connectivity index (χ4n) is 2.30. The summed E-state index contributed by atoms with van der Waals surface area (Å²) in [7, 11) is 0. The summed E-state index contributed by atoms with van der Waals surface area (Å²) >= 11 is 0. The quantitative estimate of drug-likeness (QED) is 0.767. The number of carbonyl (C=O) groups is 1. The van der Waals surface area contributed by atoms with Crippen molar-refractivity contribution < 1.29 is 9.90 Å². The highest BCUT2D eigenvalue weighted by Gasteiger charge is 2.11. The molecule has 6 heteroatoms. The number of benzene rings is 1. The van der Waals surface area contributed by atoms with Gasteiger partial charge in [0.2, 0.25) is 0 Å². The summed E-state index contributed by atoms with van der Waals surface area (Å²) in [4.78, 5) is 30.0. The molecule has 0 amide bonds. The van der Waals surface area contributed by atoms with Crippen LogP contribution in [-0.2, 0) is 6.54 Å². The number of aromatic nitrogens is 3. The summed E-state index contributed by atoms with van der Waals surface area (Å²) in [5, 5.41) is 8.98. The third-order valence-corrected chi connectivity index (χ3v) is 3.29. The molecule has 0 spiro atoms. The van der Waals surface area contributed by atoms with Gasteiger partial charge in [0.1, 0.15) is 0 Å². The van der Waals surface area contributed by atoms with Gasteiger partial charge in [-0.3, -0.25) is 9.55 Å². The molecular formula is C15H13N3O3. The van der Waals surface area contributed by atoms with Crippen LogP contribution >= 0.6 is 0 Å². The summed E-state index contributed by atoms with van der Waals surface area (Å²) in [5.41, 5.74) is 2.69. The zero-order valence-corrected chi connectivity index (χ0v) is 11.3. The smallest absolute Gasteiger partial charge is 0.335 e. The molecule has 2 N–H and O–H groups in total. The molecule has 0 saturated carbocycles. The first-order chi connectivity index (χ1) is 10.0. The van der Waals surface area contributed by atoms with E-state index in [2.05, 4.69) is 9.97 Å². The topological polar surface area (TPSA) is 88.0 Å². The second-order valence-electron chi connectivity index (χ2n) is 4.82. The average Bonchev–Trinajstić information content (AvgIpc) is 2.74. The number of aromatic carboxylic acids is 1. The number of aryl methyl sites for hydroxylation is 1. The van der Waals surface area contributed by atoms with Gasteiger partial charge in [0.15, 0.2) is 0 Å². The molecule has 0 radical (unpaired) electrons. The third kappa shape index (κ3) is 2.43. The molecule has 0 aliphatic heterocycles. The van der Waals surface area contributed by atoms with Gasteiger partial charge in [0, 0.05) is 5.69 Å². The minimum Gasteiger partial charge on any atom is -0.478 e. The number of aromatic amines is 1. The number of H-pyrrole nitrogens is 1. The SMILES string of the molecule is Cc1cccc(Cn2c(=O)[nH]c3cc(C(=O)O)ccc32)n1. The molecule has 3 rings (SSSR count). The number of nitrogens with one attached hydrogen (secondary N) is 1. The molecule has 21 heavy (non-hydrogen) atoms. The Labute approximate surface area is 119 Å². The second kappa shape index (κ2) is 4.90. The van der Waals surface area contributed by atoms with Crippen LogP contribution in [0, 0.1) is 6.92 Å². The lowest BCUT2D eigenvalue weighted by atomic mass is 10.2. The van der Waals surface area contributed by atoms with E-state index in [0.29, 0.717) is 17.6 Å². The van der Waals surface area contributed by atoms with Crippen LogP contribution in [0.1, 0.15) is 21.7 Å². The summed E-state index contributed by atoms with van der Waals surface area (Å²) < 4.78 is 1.54. The largest absolute Gasteiger partial charge is 0.478 e. The molecule has 2 heterocycles. The predicted octanol–water partition coefficient (Wildman–Crippen LogP) is 1.78. The maximum Gasteiger partial charge on any atom is 0.335 e. The number of pyridine rings is 1. The van der Waals surface area contributed by atoms with E-state index in [9.17, 15) is 9.59 Å². The number of hydrogen-bond donors (Lipinski definition) is 2. The Bertz CT molecular complexity index is 893. The van der Waals surface area contributed by atoms with E-state index < -0.39 is 5.97 Å². The molecule has 0 bridgehead atoms. The molecule has 1 aromatic carbocycles. The second-order valence-corrected chi connectivity index (χ2v) is 4.82. The first kappa shape index (κ1) is 13.1. The number of carboxylic acids is 1. The van der Waals surface area contributed by atoms with E-state index in [4.69, 9.17) is 5.11 Å². The predicted molar refractivity (Wildman–Crippen MR) is 77.6 cm³/mol. The van der Waals surface area contributed by atoms with Gasteiger partial charge in [-0.2, -0.15) is 0 Å². The van der Waals surface area contributed by atoms with Crippen LogP contribution in [0.15, 0.2) is 41.2 Å². The van der Waals surface area contributed by atoms with Crippen molar-refractivity contribution in [1.29, 1.82) is 0 Å². The van der Waals surface area contributed by atoms with Crippen molar-refractivity contribution in [3.8, 4) is 0 Å². The lowest BCUT2D eigenvalue weighted by Gasteiger charge is -2.04. The Morgan fingerprint density at radius 1 is 1.33 bits per heavy atom. The van der Waals surface area contributed by atoms with Crippen LogP contribution in [0.4, 0.5) is 0 Å². The number of hydrogen-bond acceptors (Lipinski definition) is 3. The van der Waals surface area contributed by atoms with Crippen molar-refractivity contribution in [3.05, 3.63) is 63.8 Å². The normalized spacial score (nSPS) is 10.9. The average molecular weight is 283 g/mol. The molecule has 0 aliphatic rings. The van der Waals surface area contributed by atoms with E-state index in [1.165, 1.54) is 12.1 Å². The summed E-state index contributed by atoms with van der Waals surface area (Å²) in [6.07, 6.45) is 0. The van der Waals surface area contributed by atoms with Crippen LogP contribution in [0.5, 0.6) is 0 Å². The van der Waals surface area contributed by atoms with Crippen molar-refractivity contribution in [1.82, 2.24) is 14.5 Å². The number of rotatable bonds is 3. The van der Waals surface area contributed by atoms with E-state index in [-0.39, 0.29) is 11.3 Å². The first-order valence-electron chi connectivity index (χ1n) is 6.43. The standard InChI is InChI=1S/C15H13N3O3/c1-9-3-2-4-11(16-9)8-18-13-6-5-10(14(19)20)7-12(13)17-15(18)21/h2-7H,8H2,1H3,(H,17,21)(H,19,20). The number of fused-ring (bicyclic) bond motifs is 1. The first-order valence-corrected chi connectivity index (χ1v) is 6.43. The zero-order valence-electron chi connectivity index (χ0n) is 11.3. The van der Waals surface area contributed by atoms with Crippen molar-refractivity contribution in [2.75, 3.05) is 0 Å². The maximum absolute atomic E-state index is 12.0. The fraction of sp³-hybridized carbons (Fsp3) is 0.133. The highest BCUT2D eigenvalue weighted by atomic mass is 16.4. The Hall–Kier alpha value is -2.89. The molecule has 0 atom stereocenters. The van der Waals surface area contributed by atoms with Gasteiger partial charge in [0.05, 0.1) is 28.8 Å². The van der Waals surface area contributed by atoms with E-state index >= 15 is 0 Å². The summed E-state index contributed by atoms with van der Waals surface area (Å²) in [6.45, 7) is 2.23. The molecule has 106 valence electrons. The van der Waals surface area contributed by atoms with E-state index in [1.807, 2.05) is 25.1 Å². The molecule has 3 aromatic rings. The van der Waals surface area contributed by atoms with Crippen molar-refractivity contribution >= 4 is 17.0 Å². The summed E-state index contributed by atoms with van der Waals surface area (Å²) in [6, 6.07) is 10.2. The van der Waals surface area contributed by atoms with Gasteiger partial charge >= 0.3 is 11.7 Å². The van der Waals surface area contributed by atoms with E-state index in [1.54, 1.807) is 10.6 Å². The molecule has 6 nitrogen and oxygen atoms in total. The maximum atomic E-state index is 12.0. The van der Waals surface area contributed by atoms with Crippen molar-refractivity contribution in [2.24, 2.45) is 0 Å². The van der Waals surface area contributed by atoms with Crippen LogP contribution in [0.2, 0.25) is 0 Å².